The molecule has 0 heterocycles. The van der Waals surface area contributed by atoms with E-state index in [1.165, 1.54) is 51.4 Å². The van der Waals surface area contributed by atoms with Gasteiger partial charge in [0.15, 0.2) is 0 Å². The number of hydrogen-bond acceptors (Lipinski definition) is 4. The van der Waals surface area contributed by atoms with Crippen LogP contribution in [0.15, 0.2) is 0 Å². The molecule has 3 amide bonds. The van der Waals surface area contributed by atoms with E-state index in [1.54, 1.807) is 13.8 Å². The average Bonchev–Trinajstić information content (AvgIpc) is 2.70. The van der Waals surface area contributed by atoms with Gasteiger partial charge in [-0.1, -0.05) is 71.1 Å². The molecule has 0 fully saturated rings. The normalized spacial score (nSPS) is 12.2. The van der Waals surface area contributed by atoms with Crippen molar-refractivity contribution in [2.45, 2.75) is 117 Å². The molecule has 0 aromatic heterocycles. The number of nitrogens with two attached hydrogens (primary N) is 1. The summed E-state index contributed by atoms with van der Waals surface area (Å²) in [5.41, 5.74) is 4.23. The van der Waals surface area contributed by atoms with Crippen LogP contribution in [-0.4, -0.2) is 41.4 Å². The lowest BCUT2D eigenvalue weighted by atomic mass is 9.89. The van der Waals surface area contributed by atoms with Crippen LogP contribution in [0.5, 0.6) is 0 Å². The van der Waals surface area contributed by atoms with Crippen molar-refractivity contribution in [1.29, 1.82) is 0 Å². The Labute approximate surface area is 193 Å². The minimum Gasteiger partial charge on any atom is -0.481 e. The van der Waals surface area contributed by atoms with Crippen molar-refractivity contribution in [3.63, 3.8) is 0 Å². The molecular formula is C24H45N3O5. The molecule has 8 nitrogen and oxygen atoms in total. The molecular weight excluding hydrogens is 410 g/mol. The molecule has 0 spiro atoms. The molecule has 0 bridgehead atoms. The number of nitrogens with one attached hydrogen (secondary N) is 2. The molecule has 0 aliphatic heterocycles. The third-order valence-electron chi connectivity index (χ3n) is 5.69. The second kappa shape index (κ2) is 17.4. The Kier molecular flexibility index (Phi) is 16.3. The summed E-state index contributed by atoms with van der Waals surface area (Å²) in [5, 5.41) is 14.3. The van der Waals surface area contributed by atoms with Crippen LogP contribution < -0.4 is 16.4 Å². The number of primary amides is 1. The molecule has 8 heteroatoms. The number of hydrogen-bond donors (Lipinski definition) is 4. The fraction of sp³-hybridized carbons (Fsp3) is 0.833. The highest BCUT2D eigenvalue weighted by molar-refractivity contribution is 5.91. The van der Waals surface area contributed by atoms with E-state index in [-0.39, 0.29) is 25.3 Å². The number of aliphatic carboxylic acids is 1. The third-order valence-corrected chi connectivity index (χ3v) is 5.69. The Morgan fingerprint density at radius 1 is 0.875 bits per heavy atom. The van der Waals surface area contributed by atoms with Gasteiger partial charge in [0.25, 0.3) is 0 Å². The van der Waals surface area contributed by atoms with Gasteiger partial charge in [-0.15, -0.1) is 0 Å². The number of amides is 3. The molecule has 0 radical (unpaired) electrons. The predicted octanol–water partition coefficient (Wildman–Crippen LogP) is 3.66. The van der Waals surface area contributed by atoms with Crippen molar-refractivity contribution < 1.29 is 24.3 Å². The van der Waals surface area contributed by atoms with Crippen LogP contribution in [0.1, 0.15) is 111 Å². The molecule has 186 valence electrons. The SMILES string of the molecule is CCCCCCCCCCCCCC(=O)N[C@H](CC(N)=O)C(=O)NCCC(C)(C)C(=O)O. The van der Waals surface area contributed by atoms with Crippen LogP contribution in [0, 0.1) is 5.41 Å². The van der Waals surface area contributed by atoms with Crippen LogP contribution in [0.2, 0.25) is 0 Å². The number of carbonyl (C=O) groups is 4. The minimum absolute atomic E-state index is 0.127. The lowest BCUT2D eigenvalue weighted by Gasteiger charge is -2.21. The maximum Gasteiger partial charge on any atom is 0.309 e. The van der Waals surface area contributed by atoms with Crippen LogP contribution in [-0.2, 0) is 19.2 Å². The van der Waals surface area contributed by atoms with Gasteiger partial charge in [-0.3, -0.25) is 19.2 Å². The fourth-order valence-corrected chi connectivity index (χ4v) is 3.36. The first-order chi connectivity index (χ1) is 15.1. The van der Waals surface area contributed by atoms with E-state index >= 15 is 0 Å². The number of carbonyl (C=O) groups excluding carboxylic acids is 3. The Morgan fingerprint density at radius 3 is 1.84 bits per heavy atom. The van der Waals surface area contributed by atoms with Gasteiger partial charge in [0.2, 0.25) is 17.7 Å². The van der Waals surface area contributed by atoms with Crippen LogP contribution in [0.25, 0.3) is 0 Å². The smallest absolute Gasteiger partial charge is 0.309 e. The second-order valence-corrected chi connectivity index (χ2v) is 9.31. The lowest BCUT2D eigenvalue weighted by molar-refractivity contribution is -0.147. The fourth-order valence-electron chi connectivity index (χ4n) is 3.36. The van der Waals surface area contributed by atoms with Gasteiger partial charge in [-0.05, 0) is 26.7 Å². The Hall–Kier alpha value is -2.12. The number of unbranched alkanes of at least 4 members (excludes halogenated alkanes) is 10. The van der Waals surface area contributed by atoms with E-state index in [9.17, 15) is 19.2 Å². The highest BCUT2D eigenvalue weighted by Crippen LogP contribution is 2.19. The van der Waals surface area contributed by atoms with Crippen molar-refractivity contribution in [1.82, 2.24) is 10.6 Å². The van der Waals surface area contributed by atoms with Crippen molar-refractivity contribution in [2.75, 3.05) is 6.54 Å². The first-order valence-electron chi connectivity index (χ1n) is 12.2. The molecule has 0 aromatic rings. The van der Waals surface area contributed by atoms with E-state index in [2.05, 4.69) is 17.6 Å². The summed E-state index contributed by atoms with van der Waals surface area (Å²) in [5.74, 6) is -2.46. The molecule has 1 atom stereocenters. The Morgan fingerprint density at radius 2 is 1.38 bits per heavy atom. The maximum absolute atomic E-state index is 12.3. The van der Waals surface area contributed by atoms with Crippen molar-refractivity contribution in [3.8, 4) is 0 Å². The number of carboxylic acids is 1. The maximum atomic E-state index is 12.3. The molecule has 0 aliphatic rings. The Bertz CT molecular complexity index is 578. The zero-order chi connectivity index (χ0) is 24.4. The third kappa shape index (κ3) is 15.6. The first-order valence-corrected chi connectivity index (χ1v) is 12.2. The van der Waals surface area contributed by atoms with E-state index in [0.717, 1.165) is 19.3 Å². The molecule has 5 N–H and O–H groups in total. The summed E-state index contributed by atoms with van der Waals surface area (Å²) < 4.78 is 0. The highest BCUT2D eigenvalue weighted by atomic mass is 16.4. The molecule has 0 saturated carbocycles. The van der Waals surface area contributed by atoms with Gasteiger partial charge in [-0.2, -0.15) is 0 Å². The lowest BCUT2D eigenvalue weighted by Crippen LogP contribution is -2.49. The topological polar surface area (TPSA) is 139 Å². The van der Waals surface area contributed by atoms with E-state index in [1.807, 2.05) is 0 Å². The monoisotopic (exact) mass is 455 g/mol. The van der Waals surface area contributed by atoms with Gasteiger partial charge < -0.3 is 21.5 Å². The van der Waals surface area contributed by atoms with Gasteiger partial charge in [0.05, 0.1) is 11.8 Å². The summed E-state index contributed by atoms with van der Waals surface area (Å²) >= 11 is 0. The highest BCUT2D eigenvalue weighted by Gasteiger charge is 2.28. The van der Waals surface area contributed by atoms with Crippen molar-refractivity contribution in [3.05, 3.63) is 0 Å². The summed E-state index contributed by atoms with van der Waals surface area (Å²) in [6, 6.07) is -1.04. The van der Waals surface area contributed by atoms with E-state index in [0.29, 0.717) is 6.42 Å². The number of rotatable bonds is 20. The minimum atomic E-state index is -1.04. The second-order valence-electron chi connectivity index (χ2n) is 9.31. The van der Waals surface area contributed by atoms with Crippen LogP contribution >= 0.6 is 0 Å². The summed E-state index contributed by atoms with van der Waals surface area (Å²) in [7, 11) is 0. The van der Waals surface area contributed by atoms with Crippen molar-refractivity contribution in [2.24, 2.45) is 11.1 Å². The van der Waals surface area contributed by atoms with Gasteiger partial charge in [-0.25, -0.2) is 0 Å². The first kappa shape index (κ1) is 29.9. The van der Waals surface area contributed by atoms with E-state index < -0.39 is 29.2 Å². The zero-order valence-corrected chi connectivity index (χ0v) is 20.3. The quantitative estimate of drug-likeness (QED) is 0.207. The summed E-state index contributed by atoms with van der Waals surface area (Å²) in [4.78, 5) is 47.0. The number of carboxylic acid groups (broad SMARTS) is 1. The van der Waals surface area contributed by atoms with Gasteiger partial charge in [0, 0.05) is 13.0 Å². The van der Waals surface area contributed by atoms with Gasteiger partial charge >= 0.3 is 5.97 Å². The molecule has 0 saturated heterocycles. The predicted molar refractivity (Wildman–Crippen MR) is 126 cm³/mol. The standard InChI is InChI=1S/C24H45N3O5/c1-4-5-6-7-8-9-10-11-12-13-14-15-21(29)27-19(18-20(25)28)22(30)26-17-16-24(2,3)23(31)32/h19H,4-18H2,1-3H3,(H2,25,28)(H,26,30)(H,27,29)(H,31,32)/t19-/m1/s1. The molecule has 0 aromatic carbocycles. The molecule has 0 rings (SSSR count). The van der Waals surface area contributed by atoms with Crippen LogP contribution in [0.3, 0.4) is 0 Å². The van der Waals surface area contributed by atoms with Gasteiger partial charge in [0.1, 0.15) is 6.04 Å². The largest absolute Gasteiger partial charge is 0.481 e. The van der Waals surface area contributed by atoms with Crippen molar-refractivity contribution >= 4 is 23.7 Å². The van der Waals surface area contributed by atoms with E-state index in [4.69, 9.17) is 10.8 Å². The molecule has 32 heavy (non-hydrogen) atoms. The zero-order valence-electron chi connectivity index (χ0n) is 20.3. The van der Waals surface area contributed by atoms with Crippen LogP contribution in [0.4, 0.5) is 0 Å². The summed E-state index contributed by atoms with van der Waals surface area (Å²) in [6.45, 7) is 5.48. The Balaban J connectivity index is 4.11. The molecule has 0 unspecified atom stereocenters. The average molecular weight is 456 g/mol. The summed E-state index contributed by atoms with van der Waals surface area (Å²) in [6.07, 6.45) is 13.3. The molecule has 0 aliphatic carbocycles.